The van der Waals surface area contributed by atoms with Gasteiger partial charge in [0.15, 0.2) is 0 Å². The highest BCUT2D eigenvalue weighted by molar-refractivity contribution is 5.79. The largest absolute Gasteiger partial charge is 0.372 e. The first-order valence-electron chi connectivity index (χ1n) is 20.1. The third-order valence-electron chi connectivity index (χ3n) is 10.7. The Labute approximate surface area is 305 Å². The summed E-state index contributed by atoms with van der Waals surface area (Å²) in [5.74, 6) is 0. The summed E-state index contributed by atoms with van der Waals surface area (Å²) in [6, 6.07) is 30.1. The molecule has 4 aromatic rings. The zero-order valence-corrected chi connectivity index (χ0v) is 31.8. The lowest BCUT2D eigenvalue weighted by Gasteiger charge is -2.25. The zero-order valence-electron chi connectivity index (χ0n) is 31.8. The van der Waals surface area contributed by atoms with Crippen molar-refractivity contribution < 1.29 is 0 Å². The van der Waals surface area contributed by atoms with Gasteiger partial charge in [-0.3, -0.25) is 0 Å². The standard InChI is InChI=1S/C49H63N/c1-5-8-10-12-14-16-34-50(35-17-15-13-11-9-6-2)47-30-24-40(25-31-47)20-21-42-26-32-48-45(37-42)28-29-46-38-43(27-33-49(46)48)23-22-41-19-18-39(4)44(7-3)36-41/h18-27,30-33,36-38H,5-17,28-29,34-35H2,1-4H3. The Bertz CT molecular complexity index is 1650. The predicted octanol–water partition coefficient (Wildman–Crippen LogP) is 14.2. The van der Waals surface area contributed by atoms with Crippen LogP contribution in [0.15, 0.2) is 78.9 Å². The lowest BCUT2D eigenvalue weighted by molar-refractivity contribution is 0.575. The average Bonchev–Trinajstić information content (AvgIpc) is 3.15. The fourth-order valence-electron chi connectivity index (χ4n) is 7.54. The van der Waals surface area contributed by atoms with Crippen LogP contribution < -0.4 is 4.90 Å². The van der Waals surface area contributed by atoms with E-state index in [1.807, 2.05) is 0 Å². The van der Waals surface area contributed by atoms with Gasteiger partial charge in [-0.1, -0.05) is 176 Å². The van der Waals surface area contributed by atoms with Crippen molar-refractivity contribution in [3.8, 4) is 11.1 Å². The van der Waals surface area contributed by atoms with Gasteiger partial charge < -0.3 is 4.90 Å². The molecular weight excluding hydrogens is 603 g/mol. The van der Waals surface area contributed by atoms with E-state index in [-0.39, 0.29) is 0 Å². The van der Waals surface area contributed by atoms with Gasteiger partial charge in [0.2, 0.25) is 0 Å². The van der Waals surface area contributed by atoms with E-state index in [0.29, 0.717) is 0 Å². The van der Waals surface area contributed by atoms with Gasteiger partial charge in [0.25, 0.3) is 0 Å². The van der Waals surface area contributed by atoms with E-state index in [0.717, 1.165) is 19.3 Å². The molecule has 0 atom stereocenters. The van der Waals surface area contributed by atoms with Gasteiger partial charge in [-0.25, -0.2) is 0 Å². The summed E-state index contributed by atoms with van der Waals surface area (Å²) in [5, 5.41) is 0. The van der Waals surface area contributed by atoms with Crippen molar-refractivity contribution in [2.24, 2.45) is 0 Å². The maximum atomic E-state index is 2.65. The van der Waals surface area contributed by atoms with E-state index in [4.69, 9.17) is 0 Å². The Morgan fingerprint density at radius 2 is 0.920 bits per heavy atom. The Morgan fingerprint density at radius 3 is 1.44 bits per heavy atom. The fourth-order valence-corrected chi connectivity index (χ4v) is 7.54. The van der Waals surface area contributed by atoms with Gasteiger partial charge >= 0.3 is 0 Å². The van der Waals surface area contributed by atoms with Crippen LogP contribution in [0.25, 0.3) is 35.4 Å². The normalized spacial score (nSPS) is 12.5. The minimum Gasteiger partial charge on any atom is -0.372 e. The highest BCUT2D eigenvalue weighted by Crippen LogP contribution is 2.35. The molecule has 0 heterocycles. The Balaban J connectivity index is 1.20. The second kappa shape index (κ2) is 20.1. The topological polar surface area (TPSA) is 3.24 Å². The maximum Gasteiger partial charge on any atom is 0.0366 e. The van der Waals surface area contributed by atoms with Crippen LogP contribution in [0.3, 0.4) is 0 Å². The van der Waals surface area contributed by atoms with Crippen LogP contribution in [-0.4, -0.2) is 13.1 Å². The molecule has 264 valence electrons. The third kappa shape index (κ3) is 11.1. The van der Waals surface area contributed by atoms with Gasteiger partial charge in [0, 0.05) is 18.8 Å². The van der Waals surface area contributed by atoms with Crippen LogP contribution in [0.5, 0.6) is 0 Å². The number of benzene rings is 4. The van der Waals surface area contributed by atoms with Gasteiger partial charge in [0.05, 0.1) is 0 Å². The van der Waals surface area contributed by atoms with Gasteiger partial charge in [0.1, 0.15) is 0 Å². The monoisotopic (exact) mass is 665 g/mol. The quantitative estimate of drug-likeness (QED) is 0.0671. The molecule has 0 spiro atoms. The highest BCUT2D eigenvalue weighted by Gasteiger charge is 2.16. The Hall–Kier alpha value is -3.84. The molecule has 50 heavy (non-hydrogen) atoms. The second-order valence-corrected chi connectivity index (χ2v) is 14.7. The third-order valence-corrected chi connectivity index (χ3v) is 10.7. The number of rotatable bonds is 20. The molecular formula is C49H63N. The molecule has 0 saturated heterocycles. The van der Waals surface area contributed by atoms with Crippen molar-refractivity contribution >= 4 is 30.0 Å². The van der Waals surface area contributed by atoms with Gasteiger partial charge in [-0.2, -0.15) is 0 Å². The molecule has 1 aliphatic rings. The lowest BCUT2D eigenvalue weighted by atomic mass is 9.84. The number of unbranched alkanes of at least 4 members (excludes halogenated alkanes) is 10. The molecule has 0 amide bonds. The summed E-state index contributed by atoms with van der Waals surface area (Å²) >= 11 is 0. The van der Waals surface area contributed by atoms with E-state index in [1.54, 1.807) is 0 Å². The van der Waals surface area contributed by atoms with Gasteiger partial charge in [-0.15, -0.1) is 0 Å². The minimum absolute atomic E-state index is 1.08. The average molecular weight is 666 g/mol. The molecule has 1 aliphatic carbocycles. The van der Waals surface area contributed by atoms with Gasteiger partial charge in [-0.05, 0) is 107 Å². The van der Waals surface area contributed by atoms with E-state index >= 15 is 0 Å². The molecule has 0 aliphatic heterocycles. The van der Waals surface area contributed by atoms with Crippen LogP contribution in [0.4, 0.5) is 5.69 Å². The number of nitrogens with zero attached hydrogens (tertiary/aromatic N) is 1. The molecule has 0 aromatic heterocycles. The summed E-state index contributed by atoms with van der Waals surface area (Å²) in [4.78, 5) is 2.65. The Morgan fingerprint density at radius 1 is 0.480 bits per heavy atom. The van der Waals surface area contributed by atoms with Crippen molar-refractivity contribution in [2.75, 3.05) is 18.0 Å². The first-order chi connectivity index (χ1) is 24.6. The van der Waals surface area contributed by atoms with E-state index < -0.39 is 0 Å². The highest BCUT2D eigenvalue weighted by atomic mass is 15.1. The van der Waals surface area contributed by atoms with Crippen LogP contribution >= 0.6 is 0 Å². The summed E-state index contributed by atoms with van der Waals surface area (Å²) in [6.45, 7) is 11.4. The first-order valence-corrected chi connectivity index (χ1v) is 20.1. The molecule has 5 rings (SSSR count). The van der Waals surface area contributed by atoms with Crippen molar-refractivity contribution in [3.05, 3.63) is 123 Å². The van der Waals surface area contributed by atoms with Crippen LogP contribution in [0, 0.1) is 6.92 Å². The molecule has 0 bridgehead atoms. The molecule has 0 radical (unpaired) electrons. The van der Waals surface area contributed by atoms with E-state index in [9.17, 15) is 0 Å². The van der Waals surface area contributed by atoms with Crippen LogP contribution in [0.1, 0.15) is 142 Å². The Kier molecular flexibility index (Phi) is 15.1. The number of hydrogen-bond donors (Lipinski definition) is 0. The summed E-state index contributed by atoms with van der Waals surface area (Å²) in [7, 11) is 0. The smallest absolute Gasteiger partial charge is 0.0366 e. The number of aryl methyl sites for hydroxylation is 4. The summed E-state index contributed by atoms with van der Waals surface area (Å²) in [6.07, 6.45) is 28.6. The van der Waals surface area contributed by atoms with E-state index in [2.05, 4.69) is 136 Å². The molecule has 0 saturated carbocycles. The zero-order chi connectivity index (χ0) is 35.0. The second-order valence-electron chi connectivity index (χ2n) is 14.7. The van der Waals surface area contributed by atoms with Crippen molar-refractivity contribution in [3.63, 3.8) is 0 Å². The van der Waals surface area contributed by atoms with Crippen LogP contribution in [0.2, 0.25) is 0 Å². The molecule has 1 heteroatoms. The van der Waals surface area contributed by atoms with Crippen molar-refractivity contribution in [2.45, 2.75) is 124 Å². The number of anilines is 1. The maximum absolute atomic E-state index is 2.65. The van der Waals surface area contributed by atoms with Crippen molar-refractivity contribution in [1.82, 2.24) is 0 Å². The molecule has 0 N–H and O–H groups in total. The molecule has 0 fully saturated rings. The molecule has 1 nitrogen and oxygen atoms in total. The van der Waals surface area contributed by atoms with E-state index in [1.165, 1.54) is 151 Å². The molecule has 0 unspecified atom stereocenters. The SMILES string of the molecule is CCCCCCCCN(CCCCCCCC)c1ccc(C=Cc2ccc3c(c2)CCc2cc(C=Cc4ccc(C)c(CC)c4)ccc2-3)cc1. The van der Waals surface area contributed by atoms with Crippen LogP contribution in [-0.2, 0) is 19.3 Å². The minimum atomic E-state index is 1.08. The number of fused-ring (bicyclic) bond motifs is 3. The first kappa shape index (κ1) is 37.4. The molecule has 4 aromatic carbocycles. The number of hydrogen-bond acceptors (Lipinski definition) is 1. The summed E-state index contributed by atoms with van der Waals surface area (Å²) < 4.78 is 0. The predicted molar refractivity (Wildman–Crippen MR) is 223 cm³/mol. The fraction of sp³-hybridized carbons (Fsp3) is 0.429. The summed E-state index contributed by atoms with van der Waals surface area (Å²) in [5.41, 5.74) is 15.0. The lowest BCUT2D eigenvalue weighted by Crippen LogP contribution is -2.25. The van der Waals surface area contributed by atoms with Crippen molar-refractivity contribution in [1.29, 1.82) is 0 Å².